The number of nitrogens with zero attached hydrogens (tertiary/aromatic N) is 1. The number of carbonyl (C=O) groups is 3. The van der Waals surface area contributed by atoms with Gasteiger partial charge in [0.05, 0.1) is 11.0 Å². The standard InChI is InChI=1S/C13H13FN2O3S/c1-8-13(19)16(12(18)7-20-8)6-11(17)15-10-4-2-3-9(14)5-10/h2-5,8H,6-7H2,1H3,(H,15,17)/t8-/m1/s1. The molecule has 1 heterocycles. The second-order valence-corrected chi connectivity index (χ2v) is 5.66. The van der Waals surface area contributed by atoms with Gasteiger partial charge in [-0.1, -0.05) is 6.07 Å². The van der Waals surface area contributed by atoms with Gasteiger partial charge in [-0.2, -0.15) is 0 Å². The van der Waals surface area contributed by atoms with Gasteiger partial charge < -0.3 is 5.32 Å². The lowest BCUT2D eigenvalue weighted by atomic mass is 10.3. The van der Waals surface area contributed by atoms with Gasteiger partial charge in [0.1, 0.15) is 12.4 Å². The molecule has 106 valence electrons. The molecule has 1 aromatic carbocycles. The Morgan fingerprint density at radius 1 is 1.50 bits per heavy atom. The van der Waals surface area contributed by atoms with Gasteiger partial charge in [0, 0.05) is 5.69 Å². The maximum atomic E-state index is 13.0. The smallest absolute Gasteiger partial charge is 0.244 e. The second kappa shape index (κ2) is 6.04. The van der Waals surface area contributed by atoms with Crippen molar-refractivity contribution in [1.29, 1.82) is 0 Å². The van der Waals surface area contributed by atoms with Gasteiger partial charge >= 0.3 is 0 Å². The number of hydrogen-bond donors (Lipinski definition) is 1. The SMILES string of the molecule is C[C@H]1SCC(=O)N(CC(=O)Nc2cccc(F)c2)C1=O. The van der Waals surface area contributed by atoms with Crippen LogP contribution in [0.25, 0.3) is 0 Å². The number of rotatable bonds is 3. The van der Waals surface area contributed by atoms with Gasteiger partial charge in [-0.05, 0) is 25.1 Å². The molecule has 7 heteroatoms. The minimum atomic E-state index is -0.531. The fourth-order valence-electron chi connectivity index (χ4n) is 1.76. The number of amides is 3. The predicted octanol–water partition coefficient (Wildman–Crippen LogP) is 1.25. The van der Waals surface area contributed by atoms with E-state index in [2.05, 4.69) is 5.32 Å². The monoisotopic (exact) mass is 296 g/mol. The van der Waals surface area contributed by atoms with Gasteiger partial charge in [-0.25, -0.2) is 4.39 Å². The highest BCUT2D eigenvalue weighted by Crippen LogP contribution is 2.20. The Morgan fingerprint density at radius 3 is 2.95 bits per heavy atom. The molecule has 1 aliphatic rings. The maximum Gasteiger partial charge on any atom is 0.244 e. The number of thioether (sulfide) groups is 1. The van der Waals surface area contributed by atoms with Crippen molar-refractivity contribution in [1.82, 2.24) is 4.90 Å². The molecular formula is C13H13FN2O3S. The Morgan fingerprint density at radius 2 is 2.25 bits per heavy atom. The van der Waals surface area contributed by atoms with E-state index in [0.29, 0.717) is 0 Å². The van der Waals surface area contributed by atoms with E-state index in [-0.39, 0.29) is 35.0 Å². The van der Waals surface area contributed by atoms with Crippen molar-refractivity contribution in [3.63, 3.8) is 0 Å². The zero-order valence-electron chi connectivity index (χ0n) is 10.8. The van der Waals surface area contributed by atoms with Crippen molar-refractivity contribution < 1.29 is 18.8 Å². The zero-order valence-corrected chi connectivity index (χ0v) is 11.6. The molecule has 20 heavy (non-hydrogen) atoms. The first-order chi connectivity index (χ1) is 9.47. The van der Waals surface area contributed by atoms with E-state index >= 15 is 0 Å². The van der Waals surface area contributed by atoms with Gasteiger partial charge in [0.25, 0.3) is 0 Å². The maximum absolute atomic E-state index is 13.0. The van der Waals surface area contributed by atoms with E-state index in [9.17, 15) is 18.8 Å². The molecule has 3 amide bonds. The van der Waals surface area contributed by atoms with Crippen molar-refractivity contribution in [2.24, 2.45) is 0 Å². The molecular weight excluding hydrogens is 283 g/mol. The highest BCUT2D eigenvalue weighted by Gasteiger charge is 2.33. The van der Waals surface area contributed by atoms with E-state index < -0.39 is 11.7 Å². The van der Waals surface area contributed by atoms with Gasteiger partial charge in [0.2, 0.25) is 17.7 Å². The van der Waals surface area contributed by atoms with Crippen LogP contribution in [-0.2, 0) is 14.4 Å². The molecule has 0 unspecified atom stereocenters. The number of anilines is 1. The quantitative estimate of drug-likeness (QED) is 0.853. The summed E-state index contributed by atoms with van der Waals surface area (Å²) < 4.78 is 13.0. The summed E-state index contributed by atoms with van der Waals surface area (Å²) in [4.78, 5) is 36.2. The molecule has 0 bridgehead atoms. The Bertz CT molecular complexity index is 564. The lowest BCUT2D eigenvalue weighted by molar-refractivity contribution is -0.145. The van der Waals surface area contributed by atoms with Crippen LogP contribution < -0.4 is 5.32 Å². The highest BCUT2D eigenvalue weighted by atomic mass is 32.2. The fraction of sp³-hybridized carbons (Fsp3) is 0.308. The lowest BCUT2D eigenvalue weighted by Crippen LogP contribution is -2.49. The largest absolute Gasteiger partial charge is 0.324 e. The van der Waals surface area contributed by atoms with E-state index in [0.717, 1.165) is 11.0 Å². The summed E-state index contributed by atoms with van der Waals surface area (Å²) in [5.41, 5.74) is 0.286. The van der Waals surface area contributed by atoms with Crippen LogP contribution in [0.15, 0.2) is 24.3 Å². The Kier molecular flexibility index (Phi) is 4.39. The third kappa shape index (κ3) is 3.36. The normalized spacial score (nSPS) is 19.1. The van der Waals surface area contributed by atoms with E-state index in [1.807, 2.05) is 0 Å². The van der Waals surface area contributed by atoms with Gasteiger partial charge in [-0.15, -0.1) is 11.8 Å². The summed E-state index contributed by atoms with van der Waals surface area (Å²) in [6, 6.07) is 5.41. The second-order valence-electron chi connectivity index (χ2n) is 4.33. The molecule has 1 atom stereocenters. The molecule has 1 aromatic rings. The van der Waals surface area contributed by atoms with E-state index in [1.165, 1.54) is 30.0 Å². The van der Waals surface area contributed by atoms with Crippen LogP contribution >= 0.6 is 11.8 Å². The number of nitrogens with one attached hydrogen (secondary N) is 1. The molecule has 0 aliphatic carbocycles. The Hall–Kier alpha value is -1.89. The number of benzene rings is 1. The number of imide groups is 1. The molecule has 2 rings (SSSR count). The molecule has 0 radical (unpaired) electrons. The average molecular weight is 296 g/mol. The van der Waals surface area contributed by atoms with Crippen molar-refractivity contribution in [3.8, 4) is 0 Å². The first kappa shape index (κ1) is 14.5. The molecule has 1 fully saturated rings. The number of carbonyl (C=O) groups excluding carboxylic acids is 3. The van der Waals surface area contributed by atoms with Crippen LogP contribution in [0, 0.1) is 5.82 Å². The highest BCUT2D eigenvalue weighted by molar-refractivity contribution is 8.01. The predicted molar refractivity (Wildman–Crippen MR) is 73.7 cm³/mol. The molecule has 5 nitrogen and oxygen atoms in total. The van der Waals surface area contributed by atoms with Crippen molar-refractivity contribution >= 4 is 35.2 Å². The first-order valence-corrected chi connectivity index (χ1v) is 7.03. The lowest BCUT2D eigenvalue weighted by Gasteiger charge is -2.27. The molecule has 0 spiro atoms. The summed E-state index contributed by atoms with van der Waals surface area (Å²) >= 11 is 1.25. The topological polar surface area (TPSA) is 66.5 Å². The average Bonchev–Trinajstić information content (AvgIpc) is 2.39. The Balaban J connectivity index is 2.00. The summed E-state index contributed by atoms with van der Waals surface area (Å²) in [6.45, 7) is 1.34. The zero-order chi connectivity index (χ0) is 14.7. The third-order valence-corrected chi connectivity index (χ3v) is 3.90. The number of halogens is 1. The first-order valence-electron chi connectivity index (χ1n) is 5.98. The molecule has 1 saturated heterocycles. The Labute approximate surface area is 119 Å². The minimum absolute atomic E-state index is 0.181. The summed E-state index contributed by atoms with van der Waals surface area (Å²) in [5.74, 6) is -1.58. The fourth-order valence-corrected chi connectivity index (χ4v) is 2.58. The van der Waals surface area contributed by atoms with E-state index in [1.54, 1.807) is 6.92 Å². The summed E-state index contributed by atoms with van der Waals surface area (Å²) in [5, 5.41) is 2.12. The third-order valence-electron chi connectivity index (χ3n) is 2.78. The van der Waals surface area contributed by atoms with Crippen molar-refractivity contribution in [3.05, 3.63) is 30.1 Å². The van der Waals surface area contributed by atoms with E-state index in [4.69, 9.17) is 0 Å². The van der Waals surface area contributed by atoms with Crippen LogP contribution in [0.2, 0.25) is 0 Å². The molecule has 0 saturated carbocycles. The molecule has 0 aromatic heterocycles. The summed E-state index contributed by atoms with van der Waals surface area (Å²) in [7, 11) is 0. The number of hydrogen-bond acceptors (Lipinski definition) is 4. The van der Waals surface area contributed by atoms with Gasteiger partial charge in [-0.3, -0.25) is 19.3 Å². The van der Waals surface area contributed by atoms with Crippen LogP contribution in [0.3, 0.4) is 0 Å². The van der Waals surface area contributed by atoms with Crippen LogP contribution in [0.4, 0.5) is 10.1 Å². The minimum Gasteiger partial charge on any atom is -0.324 e. The molecule has 1 aliphatic heterocycles. The van der Waals surface area contributed by atoms with Crippen molar-refractivity contribution in [2.75, 3.05) is 17.6 Å². The molecule has 1 N–H and O–H groups in total. The summed E-state index contributed by atoms with van der Waals surface area (Å²) in [6.07, 6.45) is 0. The van der Waals surface area contributed by atoms with Gasteiger partial charge in [0.15, 0.2) is 0 Å². The van der Waals surface area contributed by atoms with Crippen LogP contribution in [0.1, 0.15) is 6.92 Å². The van der Waals surface area contributed by atoms with Crippen LogP contribution in [-0.4, -0.2) is 40.2 Å². The van der Waals surface area contributed by atoms with Crippen molar-refractivity contribution in [2.45, 2.75) is 12.2 Å². The van der Waals surface area contributed by atoms with Crippen LogP contribution in [0.5, 0.6) is 0 Å².